The highest BCUT2D eigenvalue weighted by molar-refractivity contribution is 5.76. The number of benzene rings is 1. The van der Waals surface area contributed by atoms with Gasteiger partial charge in [0.25, 0.3) is 0 Å². The molecule has 2 N–H and O–H groups in total. The van der Waals surface area contributed by atoms with Crippen molar-refractivity contribution in [2.75, 3.05) is 13.7 Å². The van der Waals surface area contributed by atoms with Crippen molar-refractivity contribution in [3.63, 3.8) is 0 Å². The van der Waals surface area contributed by atoms with Crippen LogP contribution in [0.1, 0.15) is 30.9 Å². The van der Waals surface area contributed by atoms with Crippen LogP contribution in [-0.2, 0) is 4.79 Å². The summed E-state index contributed by atoms with van der Waals surface area (Å²) >= 11 is 0. The van der Waals surface area contributed by atoms with Gasteiger partial charge in [-0.1, -0.05) is 24.3 Å². The zero-order valence-electron chi connectivity index (χ0n) is 11.7. The number of carbonyl (C=O) groups is 1. The minimum atomic E-state index is -0.715. The average molecular weight is 275 g/mol. The Labute approximate surface area is 119 Å². The Morgan fingerprint density at radius 1 is 1.55 bits per heavy atom. The molecule has 0 radical (unpaired) electrons. The molecule has 0 spiro atoms. The van der Waals surface area contributed by atoms with Crippen molar-refractivity contribution in [2.24, 2.45) is 5.92 Å². The predicted octanol–water partition coefficient (Wildman–Crippen LogP) is 2.20. The summed E-state index contributed by atoms with van der Waals surface area (Å²) in [6.07, 6.45) is 6.10. The van der Waals surface area contributed by atoms with Gasteiger partial charge in [0.15, 0.2) is 0 Å². The van der Waals surface area contributed by atoms with Crippen molar-refractivity contribution in [1.82, 2.24) is 5.32 Å². The van der Waals surface area contributed by atoms with Gasteiger partial charge in [-0.2, -0.15) is 0 Å². The molecule has 0 saturated heterocycles. The Morgan fingerprint density at radius 3 is 3.10 bits per heavy atom. The van der Waals surface area contributed by atoms with E-state index in [0.717, 1.165) is 18.4 Å². The molecule has 1 aromatic rings. The molecule has 0 aromatic heterocycles. The summed E-state index contributed by atoms with van der Waals surface area (Å²) in [5.74, 6) is 1.04. The van der Waals surface area contributed by atoms with E-state index in [0.29, 0.717) is 18.1 Å². The standard InChI is InChI=1S/C16H21NO3/c1-20-14-8-4-7-13(10-14)15(18)11-17-16(19)9-12-5-2-3-6-12/h2,4-5,7-8,10,12,15,18H,3,6,9,11H2,1H3,(H,17,19). The molecule has 0 bridgehead atoms. The van der Waals surface area contributed by atoms with Crippen LogP contribution in [0, 0.1) is 5.92 Å². The van der Waals surface area contributed by atoms with Crippen LogP contribution < -0.4 is 10.1 Å². The Hall–Kier alpha value is -1.81. The monoisotopic (exact) mass is 275 g/mol. The molecule has 1 aromatic carbocycles. The SMILES string of the molecule is COc1cccc(C(O)CNC(=O)CC2C=CCC2)c1. The van der Waals surface area contributed by atoms with E-state index in [2.05, 4.69) is 17.5 Å². The number of aliphatic hydroxyl groups is 1. The molecule has 1 amide bonds. The zero-order valence-corrected chi connectivity index (χ0v) is 11.7. The Balaban J connectivity index is 1.80. The topological polar surface area (TPSA) is 58.6 Å². The molecule has 0 heterocycles. The average Bonchev–Trinajstić information content (AvgIpc) is 2.97. The smallest absolute Gasteiger partial charge is 0.220 e. The van der Waals surface area contributed by atoms with Gasteiger partial charge < -0.3 is 15.2 Å². The number of nitrogens with one attached hydrogen (secondary N) is 1. The van der Waals surface area contributed by atoms with E-state index in [-0.39, 0.29) is 12.5 Å². The summed E-state index contributed by atoms with van der Waals surface area (Å²) in [5, 5.41) is 12.8. The summed E-state index contributed by atoms with van der Waals surface area (Å²) < 4.78 is 5.11. The summed E-state index contributed by atoms with van der Waals surface area (Å²) in [7, 11) is 1.59. The number of rotatable bonds is 6. The first kappa shape index (κ1) is 14.6. The number of hydrogen-bond acceptors (Lipinski definition) is 3. The molecule has 1 aliphatic rings. The zero-order chi connectivity index (χ0) is 14.4. The fourth-order valence-corrected chi connectivity index (χ4v) is 2.35. The molecule has 2 rings (SSSR count). The fraction of sp³-hybridized carbons (Fsp3) is 0.438. The lowest BCUT2D eigenvalue weighted by atomic mass is 10.0. The molecule has 2 unspecified atom stereocenters. The third kappa shape index (κ3) is 4.10. The van der Waals surface area contributed by atoms with Gasteiger partial charge in [-0.05, 0) is 36.5 Å². The molecule has 4 heteroatoms. The van der Waals surface area contributed by atoms with Crippen LogP contribution >= 0.6 is 0 Å². The summed E-state index contributed by atoms with van der Waals surface area (Å²) in [6, 6.07) is 7.24. The molecule has 2 atom stereocenters. The second kappa shape index (κ2) is 7.10. The van der Waals surface area contributed by atoms with Crippen molar-refractivity contribution in [2.45, 2.75) is 25.4 Å². The number of allylic oxidation sites excluding steroid dienone is 2. The largest absolute Gasteiger partial charge is 0.497 e. The maximum atomic E-state index is 11.8. The minimum absolute atomic E-state index is 0.0107. The van der Waals surface area contributed by atoms with Crippen molar-refractivity contribution >= 4 is 5.91 Å². The lowest BCUT2D eigenvalue weighted by molar-refractivity contribution is -0.122. The third-order valence-corrected chi connectivity index (χ3v) is 3.53. The molecule has 0 saturated carbocycles. The van der Waals surface area contributed by atoms with E-state index >= 15 is 0 Å². The maximum absolute atomic E-state index is 11.8. The third-order valence-electron chi connectivity index (χ3n) is 3.53. The van der Waals surface area contributed by atoms with Gasteiger partial charge in [-0.3, -0.25) is 4.79 Å². The molecule has 0 aliphatic heterocycles. The number of amides is 1. The summed E-state index contributed by atoms with van der Waals surface area (Å²) in [5.41, 5.74) is 0.741. The molecule has 0 fully saturated rings. The lowest BCUT2D eigenvalue weighted by Gasteiger charge is -2.14. The van der Waals surface area contributed by atoms with Crippen LogP contribution in [0.4, 0.5) is 0 Å². The highest BCUT2D eigenvalue weighted by atomic mass is 16.5. The van der Waals surface area contributed by atoms with Gasteiger partial charge in [-0.25, -0.2) is 0 Å². The first-order valence-electron chi connectivity index (χ1n) is 6.94. The molecular formula is C16H21NO3. The van der Waals surface area contributed by atoms with Gasteiger partial charge >= 0.3 is 0 Å². The second-order valence-corrected chi connectivity index (χ2v) is 5.07. The van der Waals surface area contributed by atoms with Crippen molar-refractivity contribution in [3.05, 3.63) is 42.0 Å². The molecule has 4 nitrogen and oxygen atoms in total. The number of carbonyl (C=O) groups excluding carboxylic acids is 1. The maximum Gasteiger partial charge on any atom is 0.220 e. The Kier molecular flexibility index (Phi) is 5.18. The Morgan fingerprint density at radius 2 is 2.40 bits per heavy atom. The van der Waals surface area contributed by atoms with Gasteiger partial charge in [0.05, 0.1) is 13.2 Å². The number of aliphatic hydroxyl groups excluding tert-OH is 1. The first-order chi connectivity index (χ1) is 9.69. The van der Waals surface area contributed by atoms with Gasteiger partial charge in [0, 0.05) is 13.0 Å². The van der Waals surface area contributed by atoms with Crippen molar-refractivity contribution in [3.8, 4) is 5.75 Å². The summed E-state index contributed by atoms with van der Waals surface area (Å²) in [4.78, 5) is 11.8. The molecule has 1 aliphatic carbocycles. The van der Waals surface area contributed by atoms with Gasteiger partial charge in [-0.15, -0.1) is 0 Å². The summed E-state index contributed by atoms with van der Waals surface area (Å²) in [6.45, 7) is 0.225. The van der Waals surface area contributed by atoms with E-state index in [9.17, 15) is 9.90 Å². The lowest BCUT2D eigenvalue weighted by Crippen LogP contribution is -2.29. The van der Waals surface area contributed by atoms with Crippen LogP contribution in [0.2, 0.25) is 0 Å². The van der Waals surface area contributed by atoms with E-state index in [1.54, 1.807) is 13.2 Å². The normalized spacial score (nSPS) is 18.8. The molecular weight excluding hydrogens is 254 g/mol. The second-order valence-electron chi connectivity index (χ2n) is 5.07. The molecule has 20 heavy (non-hydrogen) atoms. The number of hydrogen-bond donors (Lipinski definition) is 2. The van der Waals surface area contributed by atoms with Gasteiger partial charge in [0.2, 0.25) is 5.91 Å². The quantitative estimate of drug-likeness (QED) is 0.782. The molecule has 108 valence electrons. The van der Waals surface area contributed by atoms with Crippen LogP contribution in [0.15, 0.2) is 36.4 Å². The highest BCUT2D eigenvalue weighted by Crippen LogP contribution is 2.21. The first-order valence-corrected chi connectivity index (χ1v) is 6.94. The van der Waals surface area contributed by atoms with Crippen molar-refractivity contribution < 1.29 is 14.6 Å². The van der Waals surface area contributed by atoms with E-state index in [4.69, 9.17) is 4.74 Å². The Bertz CT molecular complexity index is 484. The van der Waals surface area contributed by atoms with Crippen LogP contribution in [0.25, 0.3) is 0 Å². The fourth-order valence-electron chi connectivity index (χ4n) is 2.35. The minimum Gasteiger partial charge on any atom is -0.497 e. The predicted molar refractivity (Wildman–Crippen MR) is 77.4 cm³/mol. The van der Waals surface area contributed by atoms with Gasteiger partial charge in [0.1, 0.15) is 5.75 Å². The van der Waals surface area contributed by atoms with Crippen LogP contribution in [0.5, 0.6) is 5.75 Å². The van der Waals surface area contributed by atoms with Crippen molar-refractivity contribution in [1.29, 1.82) is 0 Å². The van der Waals surface area contributed by atoms with E-state index in [1.165, 1.54) is 0 Å². The van der Waals surface area contributed by atoms with Crippen LogP contribution in [-0.4, -0.2) is 24.7 Å². The van der Waals surface area contributed by atoms with E-state index < -0.39 is 6.10 Å². The van der Waals surface area contributed by atoms with E-state index in [1.807, 2.05) is 18.2 Å². The highest BCUT2D eigenvalue weighted by Gasteiger charge is 2.15. The number of methoxy groups -OCH3 is 1. The number of ether oxygens (including phenoxy) is 1. The van der Waals surface area contributed by atoms with Crippen LogP contribution in [0.3, 0.4) is 0 Å².